The van der Waals surface area contributed by atoms with Crippen LogP contribution in [0.3, 0.4) is 0 Å². The summed E-state index contributed by atoms with van der Waals surface area (Å²) in [7, 11) is 1.86. The van der Waals surface area contributed by atoms with Gasteiger partial charge in [-0.2, -0.15) is 4.98 Å². The summed E-state index contributed by atoms with van der Waals surface area (Å²) in [5.74, 6) is 3.63. The van der Waals surface area contributed by atoms with E-state index in [4.69, 9.17) is 4.74 Å². The molecule has 0 spiro atoms. The second kappa shape index (κ2) is 5.12. The molecule has 1 saturated carbocycles. The zero-order chi connectivity index (χ0) is 14.1. The van der Waals surface area contributed by atoms with Crippen molar-refractivity contribution in [2.24, 2.45) is 0 Å². The van der Waals surface area contributed by atoms with E-state index in [1.54, 1.807) is 0 Å². The number of hydrogen-bond donors (Lipinski definition) is 1. The van der Waals surface area contributed by atoms with Crippen LogP contribution in [0.25, 0.3) is 0 Å². The highest BCUT2D eigenvalue weighted by atomic mass is 16.5. The first-order chi connectivity index (χ1) is 9.64. The Kier molecular flexibility index (Phi) is 3.30. The second-order valence-electron chi connectivity index (χ2n) is 5.40. The Bertz CT molecular complexity index is 615. The molecular formula is C16H19N3O. The van der Waals surface area contributed by atoms with E-state index in [1.807, 2.05) is 25.2 Å². The first kappa shape index (κ1) is 12.9. The first-order valence-electron chi connectivity index (χ1n) is 6.97. The Morgan fingerprint density at radius 1 is 1.05 bits per heavy atom. The molecule has 1 aromatic heterocycles. The topological polar surface area (TPSA) is 47.0 Å². The van der Waals surface area contributed by atoms with E-state index in [1.165, 1.54) is 24.0 Å². The second-order valence-corrected chi connectivity index (χ2v) is 5.40. The smallest absolute Gasteiger partial charge is 0.224 e. The molecule has 0 amide bonds. The third kappa shape index (κ3) is 2.90. The van der Waals surface area contributed by atoms with Crippen molar-refractivity contribution in [2.75, 3.05) is 12.4 Å². The van der Waals surface area contributed by atoms with Crippen LogP contribution in [-0.2, 0) is 0 Å². The summed E-state index contributed by atoms with van der Waals surface area (Å²) in [5.41, 5.74) is 2.37. The molecule has 0 atom stereocenters. The van der Waals surface area contributed by atoms with Gasteiger partial charge in [-0.1, -0.05) is 6.07 Å². The lowest BCUT2D eigenvalue weighted by atomic mass is 10.1. The lowest BCUT2D eigenvalue weighted by molar-refractivity contribution is 0.458. The minimum Gasteiger partial charge on any atom is -0.439 e. The molecule has 20 heavy (non-hydrogen) atoms. The van der Waals surface area contributed by atoms with Gasteiger partial charge in [-0.15, -0.1) is 0 Å². The number of benzene rings is 1. The van der Waals surface area contributed by atoms with Gasteiger partial charge in [0.05, 0.1) is 0 Å². The van der Waals surface area contributed by atoms with Crippen LogP contribution in [0.4, 0.5) is 5.82 Å². The van der Waals surface area contributed by atoms with Crippen LogP contribution >= 0.6 is 0 Å². The first-order valence-corrected chi connectivity index (χ1v) is 6.97. The molecule has 4 heteroatoms. The van der Waals surface area contributed by atoms with Crippen molar-refractivity contribution in [3.63, 3.8) is 0 Å². The lowest BCUT2D eigenvalue weighted by Gasteiger charge is -2.10. The van der Waals surface area contributed by atoms with Crippen LogP contribution in [0.5, 0.6) is 11.6 Å². The Morgan fingerprint density at radius 2 is 1.75 bits per heavy atom. The van der Waals surface area contributed by atoms with E-state index in [0.717, 1.165) is 17.4 Å². The Balaban J connectivity index is 1.90. The van der Waals surface area contributed by atoms with Gasteiger partial charge in [-0.3, -0.25) is 0 Å². The van der Waals surface area contributed by atoms with E-state index in [-0.39, 0.29) is 0 Å². The number of ether oxygens (including phenoxy) is 1. The molecule has 1 fully saturated rings. The molecule has 0 radical (unpaired) electrons. The Hall–Kier alpha value is -2.10. The van der Waals surface area contributed by atoms with E-state index >= 15 is 0 Å². The quantitative estimate of drug-likeness (QED) is 0.917. The third-order valence-corrected chi connectivity index (χ3v) is 3.34. The maximum atomic E-state index is 5.91. The van der Waals surface area contributed by atoms with E-state index in [2.05, 4.69) is 35.2 Å². The molecule has 0 saturated heterocycles. The zero-order valence-corrected chi connectivity index (χ0v) is 12.1. The van der Waals surface area contributed by atoms with Crippen molar-refractivity contribution in [2.45, 2.75) is 32.6 Å². The van der Waals surface area contributed by atoms with Crippen LogP contribution in [0.15, 0.2) is 24.3 Å². The summed E-state index contributed by atoms with van der Waals surface area (Å²) in [6.45, 7) is 4.13. The summed E-state index contributed by atoms with van der Waals surface area (Å²) in [6, 6.07) is 8.00. The SMILES string of the molecule is CNc1cc(Oc2cc(C)cc(C)c2)nc(C2CC2)n1. The molecule has 0 aliphatic heterocycles. The fourth-order valence-corrected chi connectivity index (χ4v) is 2.26. The average Bonchev–Trinajstić information content (AvgIpc) is 3.21. The maximum Gasteiger partial charge on any atom is 0.224 e. The minimum absolute atomic E-state index is 0.505. The van der Waals surface area contributed by atoms with Gasteiger partial charge >= 0.3 is 0 Å². The summed E-state index contributed by atoms with van der Waals surface area (Å²) in [5, 5.41) is 3.07. The number of hydrogen-bond acceptors (Lipinski definition) is 4. The summed E-state index contributed by atoms with van der Waals surface area (Å²) in [6.07, 6.45) is 2.35. The third-order valence-electron chi connectivity index (χ3n) is 3.34. The summed E-state index contributed by atoms with van der Waals surface area (Å²) < 4.78 is 5.91. The highest BCUT2D eigenvalue weighted by Crippen LogP contribution is 2.39. The number of rotatable bonds is 4. The lowest BCUT2D eigenvalue weighted by Crippen LogP contribution is -2.01. The Morgan fingerprint density at radius 3 is 2.35 bits per heavy atom. The predicted octanol–water partition coefficient (Wildman–Crippen LogP) is 3.80. The Labute approximate surface area is 119 Å². The van der Waals surface area contributed by atoms with Gasteiger partial charge in [0, 0.05) is 19.0 Å². The van der Waals surface area contributed by atoms with Gasteiger partial charge in [0.1, 0.15) is 17.4 Å². The highest BCUT2D eigenvalue weighted by Gasteiger charge is 2.27. The van der Waals surface area contributed by atoms with Crippen LogP contribution in [0.1, 0.15) is 35.7 Å². The molecule has 104 valence electrons. The van der Waals surface area contributed by atoms with Crippen LogP contribution in [-0.4, -0.2) is 17.0 Å². The number of anilines is 1. The van der Waals surface area contributed by atoms with Crippen LogP contribution in [0.2, 0.25) is 0 Å². The summed E-state index contributed by atoms with van der Waals surface area (Å²) in [4.78, 5) is 9.01. The van der Waals surface area contributed by atoms with Gasteiger partial charge in [-0.05, 0) is 49.9 Å². The molecule has 0 unspecified atom stereocenters. The summed E-state index contributed by atoms with van der Waals surface area (Å²) >= 11 is 0. The molecule has 1 N–H and O–H groups in total. The normalized spacial score (nSPS) is 14.2. The molecule has 0 bridgehead atoms. The standard InChI is InChI=1S/C16H19N3O/c1-10-6-11(2)8-13(7-10)20-15-9-14(17-3)18-16(19-15)12-4-5-12/h6-9,12H,4-5H2,1-3H3,(H,17,18,19). The molecule has 4 nitrogen and oxygen atoms in total. The van der Waals surface area contributed by atoms with Gasteiger partial charge in [-0.25, -0.2) is 4.98 Å². The molecule has 2 aromatic rings. The van der Waals surface area contributed by atoms with Gasteiger partial charge in [0.2, 0.25) is 5.88 Å². The van der Waals surface area contributed by atoms with Crippen LogP contribution in [0, 0.1) is 13.8 Å². The molecule has 1 heterocycles. The fraction of sp³-hybridized carbons (Fsp3) is 0.375. The van der Waals surface area contributed by atoms with Crippen molar-refractivity contribution in [1.82, 2.24) is 9.97 Å². The molecule has 1 aliphatic rings. The van der Waals surface area contributed by atoms with Crippen molar-refractivity contribution in [1.29, 1.82) is 0 Å². The van der Waals surface area contributed by atoms with Crippen molar-refractivity contribution < 1.29 is 4.74 Å². The average molecular weight is 269 g/mol. The largest absolute Gasteiger partial charge is 0.439 e. The number of aromatic nitrogens is 2. The highest BCUT2D eigenvalue weighted by molar-refractivity contribution is 5.41. The van der Waals surface area contributed by atoms with Crippen molar-refractivity contribution in [3.8, 4) is 11.6 Å². The predicted molar refractivity (Wildman–Crippen MR) is 79.5 cm³/mol. The van der Waals surface area contributed by atoms with E-state index in [0.29, 0.717) is 11.8 Å². The zero-order valence-electron chi connectivity index (χ0n) is 12.1. The van der Waals surface area contributed by atoms with Crippen molar-refractivity contribution >= 4 is 5.82 Å². The molecule has 3 rings (SSSR count). The van der Waals surface area contributed by atoms with E-state index in [9.17, 15) is 0 Å². The van der Waals surface area contributed by atoms with Gasteiger partial charge < -0.3 is 10.1 Å². The maximum absolute atomic E-state index is 5.91. The number of nitrogens with one attached hydrogen (secondary N) is 1. The minimum atomic E-state index is 0.505. The van der Waals surface area contributed by atoms with Crippen molar-refractivity contribution in [3.05, 3.63) is 41.2 Å². The molecule has 1 aromatic carbocycles. The van der Waals surface area contributed by atoms with E-state index < -0.39 is 0 Å². The van der Waals surface area contributed by atoms with Gasteiger partial charge in [0.25, 0.3) is 0 Å². The molecule has 1 aliphatic carbocycles. The fourth-order valence-electron chi connectivity index (χ4n) is 2.26. The number of aryl methyl sites for hydroxylation is 2. The van der Waals surface area contributed by atoms with Crippen LogP contribution < -0.4 is 10.1 Å². The molecular weight excluding hydrogens is 250 g/mol. The van der Waals surface area contributed by atoms with Gasteiger partial charge in [0.15, 0.2) is 0 Å². The number of nitrogens with zero attached hydrogens (tertiary/aromatic N) is 2. The monoisotopic (exact) mass is 269 g/mol.